The molecule has 0 bridgehead atoms. The predicted octanol–water partition coefficient (Wildman–Crippen LogP) is 3.86. The van der Waals surface area contributed by atoms with Crippen LogP contribution in [0.1, 0.15) is 31.2 Å². The summed E-state index contributed by atoms with van der Waals surface area (Å²) in [5.74, 6) is 0.739. The highest BCUT2D eigenvalue weighted by molar-refractivity contribution is 5.89. The Kier molecular flexibility index (Phi) is 8.00. The van der Waals surface area contributed by atoms with Crippen molar-refractivity contribution in [2.24, 2.45) is 5.92 Å². The fourth-order valence-electron chi connectivity index (χ4n) is 4.97. The number of nitrogens with zero attached hydrogens (tertiary/aromatic N) is 2. The second-order valence-electron chi connectivity index (χ2n) is 9.02. The van der Waals surface area contributed by atoms with Crippen molar-refractivity contribution in [1.82, 2.24) is 15.1 Å². The molecule has 8 heteroatoms. The number of hydrogen-bond donors (Lipinski definition) is 2. The molecule has 0 radical (unpaired) electrons. The zero-order valence-electron chi connectivity index (χ0n) is 19.6. The summed E-state index contributed by atoms with van der Waals surface area (Å²) in [5, 5.41) is 5.96. The molecule has 0 aromatic heterocycles. The molecule has 7 nitrogen and oxygen atoms in total. The number of rotatable bonds is 7. The fourth-order valence-corrected chi connectivity index (χ4v) is 4.97. The topological polar surface area (TPSA) is 73.9 Å². The summed E-state index contributed by atoms with van der Waals surface area (Å²) in [6.45, 7) is 2.71. The molecular formula is C26H33FN4O3. The number of carbonyl (C=O) groups is 2. The number of urea groups is 1. The molecule has 182 valence electrons. The lowest BCUT2D eigenvalue weighted by atomic mass is 9.95. The van der Waals surface area contributed by atoms with Gasteiger partial charge in [-0.05, 0) is 60.7 Å². The average Bonchev–Trinajstić information content (AvgIpc) is 3.38. The molecule has 1 saturated heterocycles. The number of nitrogens with one attached hydrogen (secondary N) is 2. The lowest BCUT2D eigenvalue weighted by molar-refractivity contribution is -0.129. The van der Waals surface area contributed by atoms with Crippen LogP contribution in [0, 0.1) is 11.7 Å². The fraction of sp³-hybridized carbons (Fsp3) is 0.462. The van der Waals surface area contributed by atoms with Crippen LogP contribution in [-0.2, 0) is 11.3 Å². The van der Waals surface area contributed by atoms with Crippen LogP contribution in [0.2, 0.25) is 0 Å². The van der Waals surface area contributed by atoms with Crippen LogP contribution in [0.25, 0.3) is 0 Å². The highest BCUT2D eigenvalue weighted by Gasteiger charge is 2.37. The van der Waals surface area contributed by atoms with Crippen molar-refractivity contribution in [3.63, 3.8) is 0 Å². The molecule has 2 N–H and O–H groups in total. The van der Waals surface area contributed by atoms with Crippen LogP contribution in [0.15, 0.2) is 48.5 Å². The number of halogens is 1. The molecule has 1 atom stereocenters. The summed E-state index contributed by atoms with van der Waals surface area (Å²) in [5.41, 5.74) is 1.47. The Hall–Kier alpha value is -3.13. The number of benzene rings is 2. The van der Waals surface area contributed by atoms with Crippen molar-refractivity contribution in [3.05, 3.63) is 59.9 Å². The molecule has 3 amide bonds. The van der Waals surface area contributed by atoms with Gasteiger partial charge in [-0.25, -0.2) is 9.18 Å². The van der Waals surface area contributed by atoms with E-state index in [1.165, 1.54) is 12.1 Å². The van der Waals surface area contributed by atoms with Gasteiger partial charge in [0.2, 0.25) is 5.91 Å². The number of ether oxygens (including phenoxy) is 1. The van der Waals surface area contributed by atoms with Crippen molar-refractivity contribution >= 4 is 17.6 Å². The number of methoxy groups -OCH3 is 1. The van der Waals surface area contributed by atoms with E-state index in [1.807, 2.05) is 30.3 Å². The van der Waals surface area contributed by atoms with E-state index in [1.54, 1.807) is 18.1 Å². The number of carbonyl (C=O) groups excluding carboxylic acids is 2. The number of anilines is 1. The van der Waals surface area contributed by atoms with Crippen molar-refractivity contribution in [2.75, 3.05) is 38.6 Å². The van der Waals surface area contributed by atoms with E-state index in [9.17, 15) is 14.0 Å². The monoisotopic (exact) mass is 468 g/mol. The Morgan fingerprint density at radius 1 is 1.06 bits per heavy atom. The predicted molar refractivity (Wildman–Crippen MR) is 129 cm³/mol. The van der Waals surface area contributed by atoms with Crippen LogP contribution in [0.4, 0.5) is 14.9 Å². The SMILES string of the molecule is COc1ccc(NC(=O)N2CCN([C@@H](C(=O)NCc3cccc(F)c3)C3CCCC3)CC2)cc1. The molecule has 2 aromatic rings. The minimum absolute atomic E-state index is 0.00713. The zero-order valence-corrected chi connectivity index (χ0v) is 19.6. The van der Waals surface area contributed by atoms with E-state index >= 15 is 0 Å². The van der Waals surface area contributed by atoms with Crippen LogP contribution in [0.5, 0.6) is 5.75 Å². The molecule has 0 spiro atoms. The molecule has 1 aliphatic heterocycles. The second kappa shape index (κ2) is 11.3. The number of hydrogen-bond acceptors (Lipinski definition) is 4. The first-order valence-electron chi connectivity index (χ1n) is 12.0. The molecule has 2 fully saturated rings. The third-order valence-electron chi connectivity index (χ3n) is 6.81. The Bertz CT molecular complexity index is 970. The molecule has 4 rings (SSSR count). The summed E-state index contributed by atoms with van der Waals surface area (Å²) >= 11 is 0. The van der Waals surface area contributed by atoms with E-state index in [0.29, 0.717) is 44.3 Å². The average molecular weight is 469 g/mol. The van der Waals surface area contributed by atoms with Gasteiger partial charge in [0, 0.05) is 38.4 Å². The van der Waals surface area contributed by atoms with Gasteiger partial charge in [0.1, 0.15) is 11.6 Å². The van der Waals surface area contributed by atoms with Crippen molar-refractivity contribution < 1.29 is 18.7 Å². The van der Waals surface area contributed by atoms with E-state index in [0.717, 1.165) is 37.0 Å². The minimum atomic E-state index is -0.303. The van der Waals surface area contributed by atoms with Crippen LogP contribution in [-0.4, -0.2) is 61.1 Å². The highest BCUT2D eigenvalue weighted by atomic mass is 19.1. The lowest BCUT2D eigenvalue weighted by Crippen LogP contribution is -2.58. The summed E-state index contributed by atoms with van der Waals surface area (Å²) in [4.78, 5) is 30.0. The highest BCUT2D eigenvalue weighted by Crippen LogP contribution is 2.31. The Morgan fingerprint density at radius 2 is 1.76 bits per heavy atom. The van der Waals surface area contributed by atoms with Gasteiger partial charge >= 0.3 is 6.03 Å². The van der Waals surface area contributed by atoms with Gasteiger partial charge in [0.15, 0.2) is 0 Å². The molecule has 0 unspecified atom stereocenters. The van der Waals surface area contributed by atoms with E-state index in [-0.39, 0.29) is 23.8 Å². The molecular weight excluding hydrogens is 435 g/mol. The van der Waals surface area contributed by atoms with Gasteiger partial charge in [-0.3, -0.25) is 9.69 Å². The van der Waals surface area contributed by atoms with Crippen LogP contribution < -0.4 is 15.4 Å². The number of amides is 3. The first kappa shape index (κ1) is 24.0. The Balaban J connectivity index is 1.33. The minimum Gasteiger partial charge on any atom is -0.497 e. The van der Waals surface area contributed by atoms with Gasteiger partial charge < -0.3 is 20.3 Å². The zero-order chi connectivity index (χ0) is 23.9. The molecule has 1 heterocycles. The molecule has 1 saturated carbocycles. The molecule has 34 heavy (non-hydrogen) atoms. The third kappa shape index (κ3) is 6.05. The van der Waals surface area contributed by atoms with Gasteiger partial charge in [0.05, 0.1) is 13.2 Å². The standard InChI is InChI=1S/C26H33FN4O3/c1-34-23-11-9-22(10-12-23)29-26(33)31-15-13-30(14-16-31)24(20-6-2-3-7-20)25(32)28-18-19-5-4-8-21(27)17-19/h4-5,8-12,17,20,24H,2-3,6-7,13-16,18H2,1H3,(H,28,32)(H,29,33)/t24-/m1/s1. The molecule has 2 aliphatic rings. The van der Waals surface area contributed by atoms with E-state index in [4.69, 9.17) is 4.74 Å². The smallest absolute Gasteiger partial charge is 0.321 e. The van der Waals surface area contributed by atoms with Crippen molar-refractivity contribution in [2.45, 2.75) is 38.3 Å². The summed E-state index contributed by atoms with van der Waals surface area (Å²) in [6, 6.07) is 13.2. The molecule has 1 aliphatic carbocycles. The Labute approximate surface area is 200 Å². The van der Waals surface area contributed by atoms with Crippen molar-refractivity contribution in [1.29, 1.82) is 0 Å². The lowest BCUT2D eigenvalue weighted by Gasteiger charge is -2.40. The van der Waals surface area contributed by atoms with Crippen LogP contribution in [0.3, 0.4) is 0 Å². The quantitative estimate of drug-likeness (QED) is 0.647. The van der Waals surface area contributed by atoms with Gasteiger partial charge in [0.25, 0.3) is 0 Å². The normalized spacial score (nSPS) is 17.9. The number of piperazine rings is 1. The molecule has 2 aromatic carbocycles. The van der Waals surface area contributed by atoms with Gasteiger partial charge in [-0.1, -0.05) is 25.0 Å². The van der Waals surface area contributed by atoms with Crippen LogP contribution >= 0.6 is 0 Å². The van der Waals surface area contributed by atoms with E-state index in [2.05, 4.69) is 15.5 Å². The second-order valence-corrected chi connectivity index (χ2v) is 9.02. The third-order valence-corrected chi connectivity index (χ3v) is 6.81. The maximum absolute atomic E-state index is 13.5. The van der Waals surface area contributed by atoms with E-state index < -0.39 is 0 Å². The summed E-state index contributed by atoms with van der Waals surface area (Å²) in [6.07, 6.45) is 4.36. The van der Waals surface area contributed by atoms with Gasteiger partial charge in [-0.15, -0.1) is 0 Å². The van der Waals surface area contributed by atoms with Gasteiger partial charge in [-0.2, -0.15) is 0 Å². The largest absolute Gasteiger partial charge is 0.497 e. The summed E-state index contributed by atoms with van der Waals surface area (Å²) in [7, 11) is 1.60. The maximum atomic E-state index is 13.5. The first-order chi connectivity index (χ1) is 16.5. The summed E-state index contributed by atoms with van der Waals surface area (Å²) < 4.78 is 18.7. The Morgan fingerprint density at radius 3 is 2.41 bits per heavy atom. The van der Waals surface area contributed by atoms with Crippen molar-refractivity contribution in [3.8, 4) is 5.75 Å². The maximum Gasteiger partial charge on any atom is 0.321 e. The first-order valence-corrected chi connectivity index (χ1v) is 12.0.